The van der Waals surface area contributed by atoms with Crippen LogP contribution in [0.4, 0.5) is 0 Å². The van der Waals surface area contributed by atoms with E-state index in [2.05, 4.69) is 4.98 Å². The van der Waals surface area contributed by atoms with E-state index in [1.807, 2.05) is 11.6 Å². The second-order valence-corrected chi connectivity index (χ2v) is 3.64. The van der Waals surface area contributed by atoms with Crippen LogP contribution in [0.1, 0.15) is 17.3 Å². The van der Waals surface area contributed by atoms with E-state index < -0.39 is 0 Å². The first-order chi connectivity index (χ1) is 6.59. The zero-order chi connectivity index (χ0) is 10.3. The zero-order valence-corrected chi connectivity index (χ0v) is 8.67. The summed E-state index contributed by atoms with van der Waals surface area (Å²) in [7, 11) is 1.87. The summed E-state index contributed by atoms with van der Waals surface area (Å²) in [6, 6.07) is 3.43. The number of halogens is 1. The minimum Gasteiger partial charge on any atom is -0.333 e. The fourth-order valence-electron chi connectivity index (χ4n) is 1.44. The Balaban J connectivity index is 2.80. The van der Waals surface area contributed by atoms with Gasteiger partial charge in [0.15, 0.2) is 5.78 Å². The van der Waals surface area contributed by atoms with E-state index in [-0.39, 0.29) is 5.78 Å². The largest absolute Gasteiger partial charge is 0.333 e. The Morgan fingerprint density at radius 1 is 1.50 bits per heavy atom. The molecular formula is C10H9ClN2O. The minimum atomic E-state index is -0.000506. The highest BCUT2D eigenvalue weighted by molar-refractivity contribution is 6.35. The fraction of sp³-hybridized carbons (Fsp3) is 0.200. The molecule has 2 rings (SSSR count). The Kier molecular flexibility index (Phi) is 2.04. The molecule has 2 aromatic rings. The Morgan fingerprint density at radius 3 is 2.86 bits per heavy atom. The lowest BCUT2D eigenvalue weighted by Crippen LogP contribution is -1.93. The number of Topliss-reactive ketones (excluding diaryl/α,β-unsaturated/α-hetero) is 1. The van der Waals surface area contributed by atoms with Crippen molar-refractivity contribution in [1.82, 2.24) is 9.55 Å². The van der Waals surface area contributed by atoms with Crippen LogP contribution in [0.5, 0.6) is 0 Å². The molecule has 4 heteroatoms. The number of carbonyl (C=O) groups excluding carboxylic acids is 1. The van der Waals surface area contributed by atoms with E-state index in [4.69, 9.17) is 11.6 Å². The van der Waals surface area contributed by atoms with Crippen molar-refractivity contribution in [3.63, 3.8) is 0 Å². The number of carbonyl (C=O) groups is 1. The summed E-state index contributed by atoms with van der Waals surface area (Å²) in [5.74, 6) is -0.000506. The van der Waals surface area contributed by atoms with Crippen molar-refractivity contribution >= 4 is 28.4 Å². The molecule has 0 aliphatic heterocycles. The normalized spacial score (nSPS) is 10.8. The summed E-state index contributed by atoms with van der Waals surface area (Å²) in [4.78, 5) is 15.3. The van der Waals surface area contributed by atoms with Gasteiger partial charge in [0.1, 0.15) is 0 Å². The van der Waals surface area contributed by atoms with Gasteiger partial charge in [-0.25, -0.2) is 4.98 Å². The number of nitrogens with zero attached hydrogens (tertiary/aromatic N) is 2. The van der Waals surface area contributed by atoms with Crippen molar-refractivity contribution < 1.29 is 4.79 Å². The molecule has 1 aromatic heterocycles. The summed E-state index contributed by atoms with van der Waals surface area (Å²) < 4.78 is 1.83. The van der Waals surface area contributed by atoms with Gasteiger partial charge < -0.3 is 4.57 Å². The van der Waals surface area contributed by atoms with Crippen LogP contribution in [0.3, 0.4) is 0 Å². The first-order valence-electron chi connectivity index (χ1n) is 4.21. The first-order valence-corrected chi connectivity index (χ1v) is 4.59. The summed E-state index contributed by atoms with van der Waals surface area (Å²) in [6.45, 7) is 1.51. The van der Waals surface area contributed by atoms with Crippen molar-refractivity contribution in [3.05, 3.63) is 29.0 Å². The van der Waals surface area contributed by atoms with Crippen LogP contribution < -0.4 is 0 Å². The highest BCUT2D eigenvalue weighted by Crippen LogP contribution is 2.24. The van der Waals surface area contributed by atoms with Crippen LogP contribution in [-0.2, 0) is 7.05 Å². The molecule has 0 atom stereocenters. The van der Waals surface area contributed by atoms with Gasteiger partial charge in [-0.15, -0.1) is 0 Å². The van der Waals surface area contributed by atoms with Crippen molar-refractivity contribution in [3.8, 4) is 0 Å². The molecule has 0 saturated heterocycles. The van der Waals surface area contributed by atoms with E-state index in [0.717, 1.165) is 11.0 Å². The molecular weight excluding hydrogens is 200 g/mol. The summed E-state index contributed by atoms with van der Waals surface area (Å²) in [5, 5.41) is 0.563. The monoisotopic (exact) mass is 208 g/mol. The number of aryl methyl sites for hydroxylation is 1. The molecule has 0 fully saturated rings. The SMILES string of the molecule is CC(=O)c1cc(Cl)c2c(c1)ncn2C. The lowest BCUT2D eigenvalue weighted by molar-refractivity contribution is 0.101. The van der Waals surface area contributed by atoms with Gasteiger partial charge in [-0.1, -0.05) is 11.6 Å². The Morgan fingerprint density at radius 2 is 2.21 bits per heavy atom. The van der Waals surface area contributed by atoms with E-state index in [1.54, 1.807) is 18.5 Å². The second kappa shape index (κ2) is 3.10. The van der Waals surface area contributed by atoms with Gasteiger partial charge in [0.05, 0.1) is 22.4 Å². The molecule has 0 bridgehead atoms. The van der Waals surface area contributed by atoms with Gasteiger partial charge in [0.2, 0.25) is 0 Å². The fourth-order valence-corrected chi connectivity index (χ4v) is 1.79. The van der Waals surface area contributed by atoms with Crippen LogP contribution >= 0.6 is 11.6 Å². The molecule has 14 heavy (non-hydrogen) atoms. The molecule has 3 nitrogen and oxygen atoms in total. The summed E-state index contributed by atoms with van der Waals surface area (Å²) in [5.41, 5.74) is 2.21. The number of ketones is 1. The lowest BCUT2D eigenvalue weighted by atomic mass is 10.1. The van der Waals surface area contributed by atoms with Gasteiger partial charge in [0, 0.05) is 12.6 Å². The van der Waals surface area contributed by atoms with E-state index >= 15 is 0 Å². The predicted molar refractivity (Wildman–Crippen MR) is 55.7 cm³/mol. The average Bonchev–Trinajstić information content (AvgIpc) is 2.48. The molecule has 0 radical (unpaired) electrons. The first kappa shape index (κ1) is 9.21. The molecule has 1 heterocycles. The molecule has 1 aromatic carbocycles. The summed E-state index contributed by atoms with van der Waals surface area (Å²) in [6.07, 6.45) is 1.68. The number of fused-ring (bicyclic) bond motifs is 1. The topological polar surface area (TPSA) is 34.9 Å². The predicted octanol–water partition coefficient (Wildman–Crippen LogP) is 2.43. The number of imidazole rings is 1. The highest BCUT2D eigenvalue weighted by Gasteiger charge is 2.08. The number of benzene rings is 1. The lowest BCUT2D eigenvalue weighted by Gasteiger charge is -2.00. The average molecular weight is 209 g/mol. The Labute approximate surface area is 86.3 Å². The molecule has 0 N–H and O–H groups in total. The van der Waals surface area contributed by atoms with Crippen molar-refractivity contribution in [2.75, 3.05) is 0 Å². The van der Waals surface area contributed by atoms with Crippen LogP contribution in [0, 0.1) is 0 Å². The van der Waals surface area contributed by atoms with Crippen LogP contribution in [-0.4, -0.2) is 15.3 Å². The maximum Gasteiger partial charge on any atom is 0.159 e. The van der Waals surface area contributed by atoms with Crippen molar-refractivity contribution in [2.24, 2.45) is 7.05 Å². The molecule has 0 aliphatic carbocycles. The van der Waals surface area contributed by atoms with Crippen molar-refractivity contribution in [1.29, 1.82) is 0 Å². The molecule has 72 valence electrons. The number of aromatic nitrogens is 2. The van der Waals surface area contributed by atoms with Gasteiger partial charge >= 0.3 is 0 Å². The van der Waals surface area contributed by atoms with Crippen LogP contribution in [0.2, 0.25) is 5.02 Å². The Hall–Kier alpha value is -1.35. The van der Waals surface area contributed by atoms with Gasteiger partial charge in [-0.2, -0.15) is 0 Å². The van der Waals surface area contributed by atoms with Crippen molar-refractivity contribution in [2.45, 2.75) is 6.92 Å². The number of hydrogen-bond donors (Lipinski definition) is 0. The minimum absolute atomic E-state index is 0.000506. The van der Waals surface area contributed by atoms with Gasteiger partial charge in [0.25, 0.3) is 0 Å². The zero-order valence-electron chi connectivity index (χ0n) is 7.91. The maximum atomic E-state index is 11.2. The highest BCUT2D eigenvalue weighted by atomic mass is 35.5. The quantitative estimate of drug-likeness (QED) is 0.675. The third-order valence-corrected chi connectivity index (χ3v) is 2.46. The van der Waals surface area contributed by atoms with E-state index in [1.165, 1.54) is 6.92 Å². The third kappa shape index (κ3) is 1.30. The Bertz CT molecular complexity index is 516. The molecule has 0 aliphatic rings. The second-order valence-electron chi connectivity index (χ2n) is 3.24. The van der Waals surface area contributed by atoms with E-state index in [9.17, 15) is 4.79 Å². The molecule has 0 spiro atoms. The number of rotatable bonds is 1. The number of hydrogen-bond acceptors (Lipinski definition) is 2. The standard InChI is InChI=1S/C10H9ClN2O/c1-6(14)7-3-8(11)10-9(4-7)12-5-13(10)2/h3-5H,1-2H3. The van der Waals surface area contributed by atoms with Crippen LogP contribution in [0.15, 0.2) is 18.5 Å². The van der Waals surface area contributed by atoms with Crippen LogP contribution in [0.25, 0.3) is 11.0 Å². The third-order valence-electron chi connectivity index (χ3n) is 2.17. The van der Waals surface area contributed by atoms with Gasteiger partial charge in [-0.3, -0.25) is 4.79 Å². The molecule has 0 amide bonds. The maximum absolute atomic E-state index is 11.2. The molecule has 0 saturated carbocycles. The van der Waals surface area contributed by atoms with Gasteiger partial charge in [-0.05, 0) is 19.1 Å². The smallest absolute Gasteiger partial charge is 0.159 e. The molecule has 0 unspecified atom stereocenters. The summed E-state index contributed by atoms with van der Waals surface area (Å²) >= 11 is 6.04. The van der Waals surface area contributed by atoms with E-state index in [0.29, 0.717) is 10.6 Å².